The van der Waals surface area contributed by atoms with E-state index >= 15 is 0 Å². The van der Waals surface area contributed by atoms with Crippen LogP contribution in [0.25, 0.3) is 0 Å². The second-order valence-electron chi connectivity index (χ2n) is 5.59. The fourth-order valence-corrected chi connectivity index (χ4v) is 2.54. The molecule has 1 aliphatic rings. The zero-order chi connectivity index (χ0) is 17.7. The van der Waals surface area contributed by atoms with Gasteiger partial charge >= 0.3 is 12.3 Å². The van der Waals surface area contributed by atoms with Gasteiger partial charge in [0.1, 0.15) is 0 Å². The summed E-state index contributed by atoms with van der Waals surface area (Å²) in [5.41, 5.74) is 0.297. The van der Waals surface area contributed by atoms with Crippen molar-refractivity contribution in [3.63, 3.8) is 0 Å². The number of likely N-dealkylation sites (N-methyl/N-ethyl adjacent to an activating group) is 1. The molecule has 0 radical (unpaired) electrons. The summed E-state index contributed by atoms with van der Waals surface area (Å²) < 4.78 is 54.3. The van der Waals surface area contributed by atoms with Crippen LogP contribution in [0, 0.1) is 0 Å². The van der Waals surface area contributed by atoms with E-state index in [0.29, 0.717) is 18.7 Å². The van der Waals surface area contributed by atoms with E-state index in [9.17, 15) is 22.4 Å². The number of aromatic nitrogens is 1. The van der Waals surface area contributed by atoms with Crippen molar-refractivity contribution < 1.29 is 27.1 Å². The Morgan fingerprint density at radius 2 is 2.25 bits per heavy atom. The van der Waals surface area contributed by atoms with E-state index in [1.165, 1.54) is 18.3 Å². The Kier molecular flexibility index (Phi) is 5.98. The highest BCUT2D eigenvalue weighted by atomic mass is 19.3. The summed E-state index contributed by atoms with van der Waals surface area (Å²) in [6.45, 7) is -0.144. The van der Waals surface area contributed by atoms with Gasteiger partial charge in [0, 0.05) is 31.4 Å². The summed E-state index contributed by atoms with van der Waals surface area (Å²) in [7, 11) is 1.81. The van der Waals surface area contributed by atoms with E-state index in [1.807, 2.05) is 7.05 Å². The van der Waals surface area contributed by atoms with E-state index in [1.54, 1.807) is 4.90 Å². The third-order valence-electron chi connectivity index (χ3n) is 3.79. The molecule has 1 amide bonds. The van der Waals surface area contributed by atoms with Crippen LogP contribution in [0.2, 0.25) is 0 Å². The van der Waals surface area contributed by atoms with Crippen LogP contribution in [-0.2, 0) is 0 Å². The topological polar surface area (TPSA) is 54.5 Å². The van der Waals surface area contributed by atoms with E-state index < -0.39 is 19.0 Å². The fraction of sp³-hybridized carbons (Fsp3) is 0.600. The monoisotopic (exact) mass is 349 g/mol. The lowest BCUT2D eigenvalue weighted by molar-refractivity contribution is -0.148. The summed E-state index contributed by atoms with van der Waals surface area (Å²) in [6, 6.07) is 2.71. The summed E-state index contributed by atoms with van der Waals surface area (Å²) in [5.74, 6) is -4.68. The summed E-state index contributed by atoms with van der Waals surface area (Å²) >= 11 is 0. The molecule has 1 aromatic rings. The molecule has 1 N–H and O–H groups in total. The Morgan fingerprint density at radius 1 is 1.50 bits per heavy atom. The molecule has 2 rings (SSSR count). The van der Waals surface area contributed by atoms with Crippen LogP contribution in [0.15, 0.2) is 18.3 Å². The maximum atomic E-state index is 12.8. The Labute approximate surface area is 137 Å². The molecule has 1 aliphatic heterocycles. The number of carbonyl (C=O) groups excluding carboxylic acids is 1. The van der Waals surface area contributed by atoms with Crippen molar-refractivity contribution in [3.8, 4) is 5.88 Å². The van der Waals surface area contributed by atoms with Crippen molar-refractivity contribution >= 4 is 5.91 Å². The average Bonchev–Trinajstić information content (AvgIpc) is 3.01. The van der Waals surface area contributed by atoms with Crippen molar-refractivity contribution in [2.45, 2.75) is 31.2 Å². The van der Waals surface area contributed by atoms with Gasteiger partial charge in [-0.2, -0.15) is 8.78 Å². The third-order valence-corrected chi connectivity index (χ3v) is 3.79. The van der Waals surface area contributed by atoms with Gasteiger partial charge in [-0.15, -0.1) is 0 Å². The lowest BCUT2D eigenvalue weighted by Crippen LogP contribution is -2.40. The van der Waals surface area contributed by atoms with Crippen molar-refractivity contribution in [2.75, 3.05) is 26.7 Å². The van der Waals surface area contributed by atoms with Gasteiger partial charge in [-0.1, -0.05) is 0 Å². The molecule has 1 fully saturated rings. The van der Waals surface area contributed by atoms with Gasteiger partial charge in [-0.25, -0.2) is 13.8 Å². The highest BCUT2D eigenvalue weighted by Gasteiger charge is 2.41. The molecule has 0 aliphatic carbocycles. The maximum absolute atomic E-state index is 12.8. The second kappa shape index (κ2) is 7.78. The van der Waals surface area contributed by atoms with E-state index in [4.69, 9.17) is 0 Å². The van der Waals surface area contributed by atoms with Crippen LogP contribution in [0.5, 0.6) is 5.88 Å². The van der Waals surface area contributed by atoms with Gasteiger partial charge in [0.25, 0.3) is 5.91 Å². The Hall–Kier alpha value is -1.90. The van der Waals surface area contributed by atoms with Crippen LogP contribution in [0.3, 0.4) is 0 Å². The summed E-state index contributed by atoms with van der Waals surface area (Å²) in [6.07, 6.45) is -0.788. The number of rotatable bonds is 7. The molecule has 2 heterocycles. The highest BCUT2D eigenvalue weighted by Crippen LogP contribution is 2.24. The first-order valence-corrected chi connectivity index (χ1v) is 7.55. The summed E-state index contributed by atoms with van der Waals surface area (Å²) in [5, 5.41) is 3.03. The van der Waals surface area contributed by atoms with Gasteiger partial charge in [0.2, 0.25) is 5.88 Å². The van der Waals surface area contributed by atoms with Crippen LogP contribution in [0.4, 0.5) is 17.6 Å². The molecule has 0 aromatic carbocycles. The predicted molar refractivity (Wildman–Crippen MR) is 78.7 cm³/mol. The van der Waals surface area contributed by atoms with Gasteiger partial charge in [-0.05, 0) is 26.0 Å². The molecule has 1 aromatic heterocycles. The molecule has 0 saturated carbocycles. The lowest BCUT2D eigenvalue weighted by Gasteiger charge is -2.24. The van der Waals surface area contributed by atoms with Crippen molar-refractivity contribution in [1.29, 1.82) is 0 Å². The molecule has 0 bridgehead atoms. The first kappa shape index (κ1) is 18.4. The van der Waals surface area contributed by atoms with Gasteiger partial charge < -0.3 is 15.0 Å². The van der Waals surface area contributed by atoms with Crippen molar-refractivity contribution in [3.05, 3.63) is 23.9 Å². The third kappa shape index (κ3) is 4.34. The summed E-state index contributed by atoms with van der Waals surface area (Å²) in [4.78, 5) is 17.9. The Balaban J connectivity index is 1.97. The zero-order valence-corrected chi connectivity index (χ0v) is 13.1. The Morgan fingerprint density at radius 3 is 2.83 bits per heavy atom. The van der Waals surface area contributed by atoms with E-state index in [-0.39, 0.29) is 17.8 Å². The molecule has 1 atom stereocenters. The van der Waals surface area contributed by atoms with Crippen LogP contribution in [0.1, 0.15) is 23.2 Å². The number of ether oxygens (including phenoxy) is 1. The predicted octanol–water partition coefficient (Wildman–Crippen LogP) is 2.18. The SMILES string of the molecule is CNCC1CCCN1C(=O)c1ccc(OCC(F)(F)C(F)F)nc1. The number of likely N-dealkylation sites (tertiary alicyclic amines) is 1. The van der Waals surface area contributed by atoms with Crippen molar-refractivity contribution in [2.24, 2.45) is 0 Å². The molecule has 1 unspecified atom stereocenters. The number of alkyl halides is 4. The minimum Gasteiger partial charge on any atom is -0.471 e. The van der Waals surface area contributed by atoms with E-state index in [2.05, 4.69) is 15.0 Å². The Bertz CT molecular complexity index is 554. The first-order chi connectivity index (χ1) is 11.3. The number of pyridine rings is 1. The number of carbonyl (C=O) groups is 1. The maximum Gasteiger partial charge on any atom is 0.340 e. The second-order valence-corrected chi connectivity index (χ2v) is 5.59. The molecule has 0 spiro atoms. The minimum atomic E-state index is -4.24. The molecule has 5 nitrogen and oxygen atoms in total. The van der Waals surface area contributed by atoms with Crippen LogP contribution < -0.4 is 10.1 Å². The quantitative estimate of drug-likeness (QED) is 0.767. The standard InChI is InChI=1S/C15H19F4N3O2/c1-20-8-11-3-2-6-22(11)13(23)10-4-5-12(21-7-10)24-9-15(18,19)14(16)17/h4-5,7,11,14,20H,2-3,6,8-9H2,1H3. The molecular formula is C15H19F4N3O2. The van der Waals surface area contributed by atoms with Gasteiger partial charge in [0.05, 0.1) is 5.56 Å². The fourth-order valence-electron chi connectivity index (χ4n) is 2.54. The number of halogens is 4. The van der Waals surface area contributed by atoms with Gasteiger partial charge in [-0.3, -0.25) is 4.79 Å². The number of nitrogens with one attached hydrogen (secondary N) is 1. The molecule has 9 heteroatoms. The molecule has 24 heavy (non-hydrogen) atoms. The normalized spacial score (nSPS) is 18.2. The number of hydrogen-bond donors (Lipinski definition) is 1. The molecular weight excluding hydrogens is 330 g/mol. The van der Waals surface area contributed by atoms with Gasteiger partial charge in [0.15, 0.2) is 6.61 Å². The molecule has 1 saturated heterocycles. The van der Waals surface area contributed by atoms with Crippen LogP contribution in [-0.4, -0.2) is 60.9 Å². The number of nitrogens with zero attached hydrogens (tertiary/aromatic N) is 2. The van der Waals surface area contributed by atoms with E-state index in [0.717, 1.165) is 12.8 Å². The largest absolute Gasteiger partial charge is 0.471 e. The number of hydrogen-bond acceptors (Lipinski definition) is 4. The number of amides is 1. The lowest BCUT2D eigenvalue weighted by atomic mass is 10.2. The average molecular weight is 349 g/mol. The minimum absolute atomic E-state index is 0.100. The van der Waals surface area contributed by atoms with Crippen molar-refractivity contribution in [1.82, 2.24) is 15.2 Å². The first-order valence-electron chi connectivity index (χ1n) is 7.55. The zero-order valence-electron chi connectivity index (χ0n) is 13.1. The smallest absolute Gasteiger partial charge is 0.340 e. The molecule has 134 valence electrons. The van der Waals surface area contributed by atoms with Crippen LogP contribution >= 0.6 is 0 Å². The highest BCUT2D eigenvalue weighted by molar-refractivity contribution is 5.94.